The van der Waals surface area contributed by atoms with Gasteiger partial charge in [0, 0.05) is 18.7 Å². The van der Waals surface area contributed by atoms with Crippen LogP contribution in [-0.4, -0.2) is 42.6 Å². The number of benzene rings is 2. The van der Waals surface area contributed by atoms with E-state index in [2.05, 4.69) is 15.4 Å². The van der Waals surface area contributed by atoms with Crippen LogP contribution in [0, 0.1) is 0 Å². The number of carbonyl (C=O) groups is 3. The van der Waals surface area contributed by atoms with Crippen molar-refractivity contribution in [3.8, 4) is 5.75 Å². The van der Waals surface area contributed by atoms with Crippen molar-refractivity contribution in [2.24, 2.45) is 5.73 Å². The van der Waals surface area contributed by atoms with Crippen LogP contribution in [0.4, 0.5) is 0 Å². The fourth-order valence-corrected chi connectivity index (χ4v) is 3.12. The number of methoxy groups -OCH3 is 1. The van der Waals surface area contributed by atoms with E-state index in [9.17, 15) is 19.5 Å². The Labute approximate surface area is 176 Å². The Morgan fingerprint density at radius 1 is 1.14 bits per heavy atom. The number of nitrogens with two attached hydrogens (primary N) is 1. The van der Waals surface area contributed by atoms with E-state index >= 15 is 0 Å². The van der Waals surface area contributed by atoms with Gasteiger partial charge < -0.3 is 26.2 Å². The van der Waals surface area contributed by atoms with Gasteiger partial charge in [-0.25, -0.2) is 4.79 Å². The highest BCUT2D eigenvalue weighted by molar-refractivity contribution is 6.40. The molecule has 2 aromatic rings. The van der Waals surface area contributed by atoms with Crippen LogP contribution in [0.15, 0.2) is 36.4 Å². The van der Waals surface area contributed by atoms with Crippen LogP contribution in [0.25, 0.3) is 0 Å². The minimum atomic E-state index is -1.06. The number of ether oxygens (including phenoxy) is 1. The van der Waals surface area contributed by atoms with Gasteiger partial charge in [-0.3, -0.25) is 9.59 Å². The number of halogens is 2. The normalized spacial score (nSPS) is 11.4. The molecule has 0 heterocycles. The molecule has 0 aliphatic rings. The maximum absolute atomic E-state index is 12.4. The predicted molar refractivity (Wildman–Crippen MR) is 108 cm³/mol. The predicted octanol–water partition coefficient (Wildman–Crippen LogP) is 1.86. The highest BCUT2D eigenvalue weighted by atomic mass is 35.5. The van der Waals surface area contributed by atoms with Gasteiger partial charge in [-0.05, 0) is 29.8 Å². The Morgan fingerprint density at radius 3 is 2.34 bits per heavy atom. The number of nitrogens with one attached hydrogen (secondary N) is 2. The molecule has 8 nitrogen and oxygen atoms in total. The Kier molecular flexibility index (Phi) is 7.83. The molecule has 154 valence electrons. The van der Waals surface area contributed by atoms with E-state index in [4.69, 9.17) is 28.9 Å². The quantitative estimate of drug-likeness (QED) is 0.487. The number of phenolic OH excluding ortho intramolecular Hbond substituents is 1. The van der Waals surface area contributed by atoms with Crippen molar-refractivity contribution in [1.29, 1.82) is 0 Å². The summed E-state index contributed by atoms with van der Waals surface area (Å²) in [5.74, 6) is -1.83. The van der Waals surface area contributed by atoms with E-state index in [0.717, 1.165) is 0 Å². The summed E-state index contributed by atoms with van der Waals surface area (Å²) in [4.78, 5) is 36.4. The molecule has 0 aliphatic carbocycles. The number of carbonyl (C=O) groups excluding carboxylic acids is 3. The third-order valence-corrected chi connectivity index (χ3v) is 4.52. The SMILES string of the molecule is COC(=O)[C@H](CN)NC(=O)c1c(Cl)cc(C(=O)NCc2cccc(O)c2)cc1Cl. The summed E-state index contributed by atoms with van der Waals surface area (Å²) in [6.07, 6.45) is 0. The number of amides is 2. The van der Waals surface area contributed by atoms with Crippen LogP contribution in [0.1, 0.15) is 26.3 Å². The molecule has 2 amide bonds. The van der Waals surface area contributed by atoms with Gasteiger partial charge in [0.25, 0.3) is 11.8 Å². The third kappa shape index (κ3) is 5.83. The Bertz CT molecular complexity index is 913. The molecule has 0 fully saturated rings. The van der Waals surface area contributed by atoms with E-state index < -0.39 is 23.8 Å². The lowest BCUT2D eigenvalue weighted by molar-refractivity contribution is -0.142. The number of aromatic hydroxyl groups is 1. The number of rotatable bonds is 7. The number of hydrogen-bond donors (Lipinski definition) is 4. The minimum Gasteiger partial charge on any atom is -0.508 e. The van der Waals surface area contributed by atoms with E-state index in [-0.39, 0.29) is 40.0 Å². The van der Waals surface area contributed by atoms with Crippen molar-refractivity contribution in [2.75, 3.05) is 13.7 Å². The lowest BCUT2D eigenvalue weighted by atomic mass is 10.1. The summed E-state index contributed by atoms with van der Waals surface area (Å²) in [6, 6.07) is 7.94. The molecule has 0 bridgehead atoms. The van der Waals surface area contributed by atoms with Crippen LogP contribution in [0.5, 0.6) is 5.75 Å². The second-order valence-electron chi connectivity index (χ2n) is 5.95. The van der Waals surface area contributed by atoms with Crippen molar-refractivity contribution < 1.29 is 24.2 Å². The first-order chi connectivity index (χ1) is 13.8. The lowest BCUT2D eigenvalue weighted by Gasteiger charge is -2.16. The van der Waals surface area contributed by atoms with Crippen molar-refractivity contribution in [3.05, 3.63) is 63.1 Å². The zero-order valence-electron chi connectivity index (χ0n) is 15.4. The highest BCUT2D eigenvalue weighted by Gasteiger charge is 2.24. The van der Waals surface area contributed by atoms with Crippen LogP contribution in [0.3, 0.4) is 0 Å². The molecule has 0 aliphatic heterocycles. The molecule has 0 saturated heterocycles. The van der Waals surface area contributed by atoms with E-state index in [0.29, 0.717) is 5.56 Å². The summed E-state index contributed by atoms with van der Waals surface area (Å²) in [5, 5.41) is 14.4. The summed E-state index contributed by atoms with van der Waals surface area (Å²) >= 11 is 12.3. The molecule has 10 heteroatoms. The molecule has 0 unspecified atom stereocenters. The monoisotopic (exact) mass is 439 g/mol. The molecular weight excluding hydrogens is 421 g/mol. The molecule has 0 aromatic heterocycles. The van der Waals surface area contributed by atoms with E-state index in [1.165, 1.54) is 31.4 Å². The van der Waals surface area contributed by atoms with Gasteiger partial charge in [-0.1, -0.05) is 35.3 Å². The van der Waals surface area contributed by atoms with E-state index in [1.54, 1.807) is 12.1 Å². The van der Waals surface area contributed by atoms with E-state index in [1.807, 2.05) is 0 Å². The fourth-order valence-electron chi connectivity index (χ4n) is 2.46. The summed E-state index contributed by atoms with van der Waals surface area (Å²) in [5.41, 5.74) is 6.19. The van der Waals surface area contributed by atoms with Gasteiger partial charge in [0.1, 0.15) is 11.8 Å². The average molecular weight is 440 g/mol. The number of hydrogen-bond acceptors (Lipinski definition) is 6. The summed E-state index contributed by atoms with van der Waals surface area (Å²) in [7, 11) is 1.17. The van der Waals surface area contributed by atoms with Gasteiger partial charge >= 0.3 is 5.97 Å². The summed E-state index contributed by atoms with van der Waals surface area (Å²) in [6.45, 7) is -0.00873. The van der Waals surface area contributed by atoms with Crippen LogP contribution in [0.2, 0.25) is 10.0 Å². The molecule has 2 rings (SSSR count). The van der Waals surface area contributed by atoms with Crippen LogP contribution in [-0.2, 0) is 16.1 Å². The van der Waals surface area contributed by atoms with Gasteiger partial charge in [0.05, 0.1) is 22.7 Å². The highest BCUT2D eigenvalue weighted by Crippen LogP contribution is 2.27. The van der Waals surface area contributed by atoms with Crippen LogP contribution >= 0.6 is 23.2 Å². The molecule has 29 heavy (non-hydrogen) atoms. The molecule has 0 saturated carbocycles. The Morgan fingerprint density at radius 2 is 1.79 bits per heavy atom. The molecular formula is C19H19Cl2N3O5. The Hall–Kier alpha value is -2.81. The fraction of sp³-hybridized carbons (Fsp3) is 0.211. The average Bonchev–Trinajstić information content (AvgIpc) is 2.69. The molecule has 1 atom stereocenters. The van der Waals surface area contributed by atoms with Gasteiger partial charge in [0.15, 0.2) is 0 Å². The molecule has 0 radical (unpaired) electrons. The second kappa shape index (κ2) is 10.1. The zero-order chi connectivity index (χ0) is 21.6. The number of esters is 1. The van der Waals surface area contributed by atoms with Gasteiger partial charge in [-0.15, -0.1) is 0 Å². The second-order valence-corrected chi connectivity index (χ2v) is 6.77. The van der Waals surface area contributed by atoms with Crippen molar-refractivity contribution in [2.45, 2.75) is 12.6 Å². The first-order valence-corrected chi connectivity index (χ1v) is 9.16. The van der Waals surface area contributed by atoms with Crippen molar-refractivity contribution in [3.63, 3.8) is 0 Å². The number of phenols is 1. The maximum atomic E-state index is 12.4. The van der Waals surface area contributed by atoms with Crippen molar-refractivity contribution >= 4 is 41.0 Å². The summed E-state index contributed by atoms with van der Waals surface area (Å²) < 4.78 is 4.55. The first kappa shape index (κ1) is 22.5. The van der Waals surface area contributed by atoms with Gasteiger partial charge in [-0.2, -0.15) is 0 Å². The Balaban J connectivity index is 2.14. The largest absolute Gasteiger partial charge is 0.508 e. The molecule has 5 N–H and O–H groups in total. The van der Waals surface area contributed by atoms with Gasteiger partial charge in [0.2, 0.25) is 0 Å². The van der Waals surface area contributed by atoms with Crippen molar-refractivity contribution in [1.82, 2.24) is 10.6 Å². The minimum absolute atomic E-state index is 0.0712. The maximum Gasteiger partial charge on any atom is 0.329 e. The zero-order valence-corrected chi connectivity index (χ0v) is 16.9. The smallest absolute Gasteiger partial charge is 0.329 e. The third-order valence-electron chi connectivity index (χ3n) is 3.92. The molecule has 2 aromatic carbocycles. The standard InChI is InChI=1S/C19H19Cl2N3O5/c1-29-19(28)15(8-22)24-18(27)16-13(20)6-11(7-14(16)21)17(26)23-9-10-3-2-4-12(25)5-10/h2-7,15,25H,8-9,22H2,1H3,(H,23,26)(H,24,27)/t15-/m0/s1. The van der Waals surface area contributed by atoms with Crippen LogP contribution < -0.4 is 16.4 Å². The lowest BCUT2D eigenvalue weighted by Crippen LogP contribution is -2.46. The first-order valence-electron chi connectivity index (χ1n) is 8.40. The molecule has 0 spiro atoms. The topological polar surface area (TPSA) is 131 Å².